The molecular weight excluding hydrogens is 518 g/mol. The number of aliphatic hydroxyl groups is 2. The van der Waals surface area contributed by atoms with Crippen molar-refractivity contribution in [2.45, 2.75) is 206 Å². The van der Waals surface area contributed by atoms with Gasteiger partial charge in [-0.3, -0.25) is 4.79 Å². The fourth-order valence-electron chi connectivity index (χ4n) is 5.52. The first-order valence-corrected chi connectivity index (χ1v) is 18.6. The molecule has 4 nitrogen and oxygen atoms in total. The molecule has 4 heteroatoms. The molecule has 3 N–H and O–H groups in total. The van der Waals surface area contributed by atoms with Crippen LogP contribution in [0.2, 0.25) is 0 Å². The van der Waals surface area contributed by atoms with E-state index < -0.39 is 12.1 Å². The normalized spacial score (nSPS) is 13.3. The Labute approximate surface area is 262 Å². The Hall–Kier alpha value is -1.13. The van der Waals surface area contributed by atoms with E-state index in [0.717, 1.165) is 25.7 Å². The lowest BCUT2D eigenvalue weighted by molar-refractivity contribution is -0.123. The van der Waals surface area contributed by atoms with Crippen molar-refractivity contribution in [1.82, 2.24) is 5.32 Å². The molecule has 0 radical (unpaired) electrons. The Balaban J connectivity index is 3.54. The first-order chi connectivity index (χ1) is 20.7. The van der Waals surface area contributed by atoms with Crippen molar-refractivity contribution in [3.63, 3.8) is 0 Å². The van der Waals surface area contributed by atoms with Crippen LogP contribution in [0.15, 0.2) is 24.3 Å². The minimum atomic E-state index is -0.834. The maximum Gasteiger partial charge on any atom is 0.220 e. The highest BCUT2D eigenvalue weighted by Gasteiger charge is 2.17. The molecule has 0 fully saturated rings. The summed E-state index contributed by atoms with van der Waals surface area (Å²) in [7, 11) is 0. The minimum Gasteiger partial charge on any atom is -0.394 e. The van der Waals surface area contributed by atoms with Gasteiger partial charge in [0.2, 0.25) is 5.91 Å². The number of unbranched alkanes of at least 4 members (excludes halogenated alkanes) is 24. The van der Waals surface area contributed by atoms with E-state index in [0.29, 0.717) is 6.42 Å². The van der Waals surface area contributed by atoms with Gasteiger partial charge in [0.25, 0.3) is 0 Å². The molecule has 0 aromatic carbocycles. The number of allylic oxidation sites excluding steroid dienone is 3. The summed E-state index contributed by atoms with van der Waals surface area (Å²) in [6, 6.07) is -0.617. The molecule has 1 amide bonds. The fourth-order valence-corrected chi connectivity index (χ4v) is 5.52. The third kappa shape index (κ3) is 30.3. The molecule has 0 aliphatic carbocycles. The third-order valence-corrected chi connectivity index (χ3v) is 8.43. The van der Waals surface area contributed by atoms with E-state index in [1.807, 2.05) is 6.08 Å². The van der Waals surface area contributed by atoms with Gasteiger partial charge in [0.05, 0.1) is 18.8 Å². The second kappa shape index (κ2) is 34.4. The Morgan fingerprint density at radius 3 is 1.31 bits per heavy atom. The van der Waals surface area contributed by atoms with E-state index in [1.165, 1.54) is 148 Å². The monoisotopic (exact) mass is 592 g/mol. The summed E-state index contributed by atoms with van der Waals surface area (Å²) < 4.78 is 0. The summed E-state index contributed by atoms with van der Waals surface area (Å²) in [5.74, 6) is -0.0690. The summed E-state index contributed by atoms with van der Waals surface area (Å²) in [6.07, 6.45) is 42.7. The lowest BCUT2D eigenvalue weighted by Crippen LogP contribution is -2.45. The molecule has 2 atom stereocenters. The molecule has 0 aromatic heterocycles. The molecule has 0 heterocycles. The smallest absolute Gasteiger partial charge is 0.220 e. The molecule has 248 valence electrons. The lowest BCUT2D eigenvalue weighted by Gasteiger charge is -2.20. The second-order valence-electron chi connectivity index (χ2n) is 12.6. The van der Waals surface area contributed by atoms with Gasteiger partial charge in [-0.05, 0) is 44.9 Å². The number of hydrogen-bond acceptors (Lipinski definition) is 3. The Kier molecular flexibility index (Phi) is 33.4. The van der Waals surface area contributed by atoms with Crippen LogP contribution in [0.3, 0.4) is 0 Å². The van der Waals surface area contributed by atoms with Crippen molar-refractivity contribution in [1.29, 1.82) is 0 Å². The zero-order chi connectivity index (χ0) is 30.8. The van der Waals surface area contributed by atoms with Gasteiger partial charge in [0.1, 0.15) is 0 Å². The van der Waals surface area contributed by atoms with E-state index in [2.05, 4.69) is 31.3 Å². The van der Waals surface area contributed by atoms with Crippen LogP contribution in [-0.2, 0) is 4.79 Å². The number of aliphatic hydroxyl groups excluding tert-OH is 2. The molecular formula is C38H73NO3. The van der Waals surface area contributed by atoms with Crippen molar-refractivity contribution in [3.8, 4) is 0 Å². The van der Waals surface area contributed by atoms with Gasteiger partial charge in [0, 0.05) is 6.42 Å². The fraction of sp³-hybridized carbons (Fsp3) is 0.868. The number of carbonyl (C=O) groups is 1. The van der Waals surface area contributed by atoms with E-state index in [9.17, 15) is 15.0 Å². The van der Waals surface area contributed by atoms with Gasteiger partial charge in [-0.2, -0.15) is 0 Å². The average Bonchev–Trinajstić information content (AvgIpc) is 2.99. The summed E-state index contributed by atoms with van der Waals surface area (Å²) in [4.78, 5) is 12.3. The van der Waals surface area contributed by atoms with Crippen molar-refractivity contribution in [2.24, 2.45) is 0 Å². The van der Waals surface area contributed by atoms with Crippen LogP contribution < -0.4 is 5.32 Å². The van der Waals surface area contributed by atoms with Crippen molar-refractivity contribution in [3.05, 3.63) is 24.3 Å². The van der Waals surface area contributed by atoms with Gasteiger partial charge in [0.15, 0.2) is 0 Å². The summed E-state index contributed by atoms with van der Waals surface area (Å²) in [5, 5.41) is 22.8. The Bertz CT molecular complexity index is 603. The van der Waals surface area contributed by atoms with Gasteiger partial charge in [-0.15, -0.1) is 0 Å². The van der Waals surface area contributed by atoms with E-state index >= 15 is 0 Å². The third-order valence-electron chi connectivity index (χ3n) is 8.43. The number of amides is 1. The topological polar surface area (TPSA) is 69.6 Å². The summed E-state index contributed by atoms with van der Waals surface area (Å²) in [5.41, 5.74) is 0. The lowest BCUT2D eigenvalue weighted by atomic mass is 10.0. The molecule has 0 aromatic rings. The molecule has 0 aliphatic rings. The summed E-state index contributed by atoms with van der Waals surface area (Å²) >= 11 is 0. The highest BCUT2D eigenvalue weighted by atomic mass is 16.3. The molecule has 0 saturated carbocycles. The second-order valence-corrected chi connectivity index (χ2v) is 12.6. The van der Waals surface area contributed by atoms with Crippen LogP contribution >= 0.6 is 0 Å². The van der Waals surface area contributed by atoms with Crippen molar-refractivity contribution < 1.29 is 15.0 Å². The Morgan fingerprint density at radius 1 is 0.548 bits per heavy atom. The van der Waals surface area contributed by atoms with Crippen LogP contribution in [0.5, 0.6) is 0 Å². The zero-order valence-corrected chi connectivity index (χ0v) is 28.3. The highest BCUT2D eigenvalue weighted by molar-refractivity contribution is 5.76. The maximum absolute atomic E-state index is 12.3. The quantitative estimate of drug-likeness (QED) is 0.0525. The largest absolute Gasteiger partial charge is 0.394 e. The van der Waals surface area contributed by atoms with E-state index in [4.69, 9.17) is 0 Å². The predicted octanol–water partition coefficient (Wildman–Crippen LogP) is 10.9. The van der Waals surface area contributed by atoms with Gasteiger partial charge < -0.3 is 15.5 Å². The number of carbonyl (C=O) groups excluding carboxylic acids is 1. The molecule has 0 spiro atoms. The number of nitrogens with one attached hydrogen (secondary N) is 1. The van der Waals surface area contributed by atoms with Crippen LogP contribution in [0, 0.1) is 0 Å². The maximum atomic E-state index is 12.3. The standard InChI is InChI=1S/C38H73NO3/c1-3-5-7-9-11-13-14-15-16-17-18-19-20-21-22-23-24-26-28-30-32-34-38(42)39-36(35-40)37(41)33-31-29-27-25-12-10-8-6-4-2/h17-18,31,33,36-37,40-41H,3-16,19-30,32,34-35H2,1-2H3,(H,39,42)/b18-17-,33-31+. The molecule has 0 saturated heterocycles. The predicted molar refractivity (Wildman–Crippen MR) is 184 cm³/mol. The number of rotatable bonds is 33. The van der Waals surface area contributed by atoms with Gasteiger partial charge in [-0.1, -0.05) is 167 Å². The van der Waals surface area contributed by atoms with Gasteiger partial charge >= 0.3 is 0 Å². The minimum absolute atomic E-state index is 0.0690. The highest BCUT2D eigenvalue weighted by Crippen LogP contribution is 2.13. The van der Waals surface area contributed by atoms with E-state index in [1.54, 1.807) is 6.08 Å². The van der Waals surface area contributed by atoms with Crippen LogP contribution in [0.25, 0.3) is 0 Å². The Morgan fingerprint density at radius 2 is 0.905 bits per heavy atom. The van der Waals surface area contributed by atoms with Crippen LogP contribution in [0.1, 0.15) is 194 Å². The van der Waals surface area contributed by atoms with Crippen LogP contribution in [-0.4, -0.2) is 34.9 Å². The van der Waals surface area contributed by atoms with Crippen molar-refractivity contribution >= 4 is 5.91 Å². The average molecular weight is 592 g/mol. The number of hydrogen-bond donors (Lipinski definition) is 3. The van der Waals surface area contributed by atoms with Crippen LogP contribution in [0.4, 0.5) is 0 Å². The first kappa shape index (κ1) is 40.9. The molecule has 42 heavy (non-hydrogen) atoms. The SMILES string of the molecule is CCCCCCCCC/C=C/C(O)C(CO)NC(=O)CCCCCCCCCCC/C=C\CCCCCCCCCC. The molecule has 0 bridgehead atoms. The first-order valence-electron chi connectivity index (χ1n) is 18.6. The molecule has 2 unspecified atom stereocenters. The molecule has 0 aliphatic heterocycles. The molecule has 0 rings (SSSR count). The van der Waals surface area contributed by atoms with Gasteiger partial charge in [-0.25, -0.2) is 0 Å². The van der Waals surface area contributed by atoms with Crippen molar-refractivity contribution in [2.75, 3.05) is 6.61 Å². The zero-order valence-electron chi connectivity index (χ0n) is 28.3. The van der Waals surface area contributed by atoms with E-state index in [-0.39, 0.29) is 12.5 Å². The summed E-state index contributed by atoms with van der Waals surface area (Å²) in [6.45, 7) is 4.27.